The quantitative estimate of drug-likeness (QED) is 0.193. The van der Waals surface area contributed by atoms with Crippen LogP contribution in [0.5, 0.6) is 0 Å². The minimum Gasteiger partial charge on any atom is -0.456 e. The van der Waals surface area contributed by atoms with Gasteiger partial charge in [-0.2, -0.15) is 0 Å². The molecule has 2 bridgehead atoms. The molecule has 3 heteroatoms. The Morgan fingerprint density at radius 1 is 0.652 bits per heavy atom. The molecule has 0 N–H and O–H groups in total. The lowest BCUT2D eigenvalue weighted by molar-refractivity contribution is 0.669. The predicted octanol–water partition coefficient (Wildman–Crippen LogP) is 12.4. The third-order valence-corrected chi connectivity index (χ3v) is 10.4. The molecule has 1 unspecified atom stereocenters. The predicted molar refractivity (Wildman–Crippen MR) is 196 cm³/mol. The lowest BCUT2D eigenvalue weighted by Crippen LogP contribution is -2.16. The number of hydrogen-bond donors (Lipinski definition) is 0. The van der Waals surface area contributed by atoms with Crippen LogP contribution in [0.4, 0.5) is 17.1 Å². The zero-order valence-electron chi connectivity index (χ0n) is 25.3. The molecule has 3 heterocycles. The summed E-state index contributed by atoms with van der Waals surface area (Å²) >= 11 is 1.90. The van der Waals surface area contributed by atoms with Crippen molar-refractivity contribution in [1.82, 2.24) is 0 Å². The first-order valence-electron chi connectivity index (χ1n) is 15.9. The van der Waals surface area contributed by atoms with Gasteiger partial charge in [0.15, 0.2) is 0 Å². The number of benzene rings is 5. The summed E-state index contributed by atoms with van der Waals surface area (Å²) in [6.07, 6.45) is 19.8. The number of nitrogens with zero attached hydrogens (tertiary/aromatic N) is 1. The first kappa shape index (κ1) is 27.1. The van der Waals surface area contributed by atoms with Gasteiger partial charge in [-0.3, -0.25) is 0 Å². The van der Waals surface area contributed by atoms with E-state index < -0.39 is 0 Å². The standard InChI is InChI=1S/C43H31NOS/c1-2-11-30(12-3-1)35-15-5-7-17-38(35)44(39-18-10-13-32-27-34-14-4-9-20-42(46-34)43(32)39)33-24-21-29(22-25-33)31-23-26-41-37(28-31)36-16-6-8-19-40(36)45-41/h1-11,13-26,28,30H,12,27H2. The molecule has 1 aliphatic carbocycles. The molecule has 0 amide bonds. The van der Waals surface area contributed by atoms with Gasteiger partial charge in [-0.15, -0.1) is 0 Å². The molecule has 220 valence electrons. The van der Waals surface area contributed by atoms with Crippen LogP contribution in [-0.4, -0.2) is 0 Å². The lowest BCUT2D eigenvalue weighted by Gasteiger charge is -2.33. The van der Waals surface area contributed by atoms with Gasteiger partial charge < -0.3 is 9.32 Å². The molecule has 0 spiro atoms. The SMILES string of the molecule is C1=CC=C2SC(=C1)Cc1cccc(N(c3ccc(-c4ccc5oc6ccccc6c5c4)cc3)c3ccccc3C3C=CC=CC3)c12. The van der Waals surface area contributed by atoms with Gasteiger partial charge >= 0.3 is 0 Å². The van der Waals surface area contributed by atoms with E-state index in [2.05, 4.69) is 151 Å². The van der Waals surface area contributed by atoms with E-state index in [0.717, 1.165) is 40.5 Å². The molecule has 1 atom stereocenters. The molecule has 46 heavy (non-hydrogen) atoms. The maximum absolute atomic E-state index is 6.11. The largest absolute Gasteiger partial charge is 0.456 e. The molecule has 3 aliphatic rings. The lowest BCUT2D eigenvalue weighted by atomic mass is 9.90. The van der Waals surface area contributed by atoms with E-state index in [9.17, 15) is 0 Å². The second-order valence-electron chi connectivity index (χ2n) is 12.0. The molecule has 9 rings (SSSR count). The molecule has 1 aromatic heterocycles. The summed E-state index contributed by atoms with van der Waals surface area (Å²) in [5.74, 6) is 0.322. The van der Waals surface area contributed by atoms with E-state index in [-0.39, 0.29) is 0 Å². The second kappa shape index (κ2) is 11.3. The van der Waals surface area contributed by atoms with E-state index >= 15 is 0 Å². The number of rotatable bonds is 5. The summed E-state index contributed by atoms with van der Waals surface area (Å²) in [6.45, 7) is 0. The van der Waals surface area contributed by atoms with Crippen LogP contribution in [0.25, 0.3) is 38.0 Å². The molecule has 5 aromatic carbocycles. The number of furan rings is 1. The van der Waals surface area contributed by atoms with E-state index in [4.69, 9.17) is 4.42 Å². The topological polar surface area (TPSA) is 16.4 Å². The van der Waals surface area contributed by atoms with E-state index in [1.165, 1.54) is 49.0 Å². The Labute approximate surface area is 273 Å². The van der Waals surface area contributed by atoms with E-state index in [1.54, 1.807) is 0 Å². The Balaban J connectivity index is 1.20. The van der Waals surface area contributed by atoms with Crippen LogP contribution in [0.1, 0.15) is 29.0 Å². The molecule has 0 saturated heterocycles. The van der Waals surface area contributed by atoms with Crippen molar-refractivity contribution < 1.29 is 4.42 Å². The fraction of sp³-hybridized carbons (Fsp3) is 0.0698. The third-order valence-electron chi connectivity index (χ3n) is 9.26. The minimum absolute atomic E-state index is 0.322. The Morgan fingerprint density at radius 2 is 1.46 bits per heavy atom. The first-order valence-corrected chi connectivity index (χ1v) is 16.7. The highest BCUT2D eigenvalue weighted by molar-refractivity contribution is 8.11. The highest BCUT2D eigenvalue weighted by atomic mass is 32.2. The summed E-state index contributed by atoms with van der Waals surface area (Å²) < 4.78 is 6.11. The molecule has 2 nitrogen and oxygen atoms in total. The zero-order chi connectivity index (χ0) is 30.5. The van der Waals surface area contributed by atoms with Crippen molar-refractivity contribution in [3.63, 3.8) is 0 Å². The fourth-order valence-corrected chi connectivity index (χ4v) is 8.21. The van der Waals surface area contributed by atoms with Crippen molar-refractivity contribution in [2.75, 3.05) is 4.90 Å². The molecule has 0 saturated carbocycles. The number of thioether (sulfide) groups is 1. The first-order chi connectivity index (χ1) is 22.8. The monoisotopic (exact) mass is 609 g/mol. The number of fused-ring (bicyclic) bond motifs is 7. The molecule has 0 radical (unpaired) electrons. The van der Waals surface area contributed by atoms with Crippen LogP contribution in [-0.2, 0) is 6.42 Å². The van der Waals surface area contributed by atoms with Crippen molar-refractivity contribution in [2.24, 2.45) is 0 Å². The third kappa shape index (κ3) is 4.67. The van der Waals surface area contributed by atoms with Crippen molar-refractivity contribution in [1.29, 1.82) is 0 Å². The maximum Gasteiger partial charge on any atom is 0.135 e. The van der Waals surface area contributed by atoms with Crippen molar-refractivity contribution >= 4 is 55.7 Å². The second-order valence-corrected chi connectivity index (χ2v) is 13.2. The number of hydrogen-bond acceptors (Lipinski definition) is 3. The van der Waals surface area contributed by atoms with Crippen LogP contribution in [0.2, 0.25) is 0 Å². The van der Waals surface area contributed by atoms with E-state index in [1.807, 2.05) is 23.9 Å². The summed E-state index contributed by atoms with van der Waals surface area (Å²) in [7, 11) is 0. The van der Waals surface area contributed by atoms with Gasteiger partial charge in [0.25, 0.3) is 0 Å². The fourth-order valence-electron chi connectivity index (χ4n) is 7.07. The Kier molecular flexibility index (Phi) is 6.64. The summed E-state index contributed by atoms with van der Waals surface area (Å²) in [6, 6.07) is 39.6. The van der Waals surface area contributed by atoms with Gasteiger partial charge in [0, 0.05) is 45.0 Å². The van der Waals surface area contributed by atoms with Gasteiger partial charge in [-0.25, -0.2) is 0 Å². The number of para-hydroxylation sites is 2. The Morgan fingerprint density at radius 3 is 2.37 bits per heavy atom. The summed E-state index contributed by atoms with van der Waals surface area (Å²) in [5.41, 5.74) is 11.8. The Hall–Kier alpha value is -5.25. The average molecular weight is 610 g/mol. The van der Waals surface area contributed by atoms with Crippen molar-refractivity contribution in [3.05, 3.63) is 179 Å². The van der Waals surface area contributed by atoms with E-state index in [0.29, 0.717) is 5.92 Å². The van der Waals surface area contributed by atoms with Crippen LogP contribution < -0.4 is 4.90 Å². The highest BCUT2D eigenvalue weighted by Crippen LogP contribution is 2.51. The van der Waals surface area contributed by atoms with Crippen LogP contribution in [0.15, 0.2) is 167 Å². The highest BCUT2D eigenvalue weighted by Gasteiger charge is 2.27. The summed E-state index contributed by atoms with van der Waals surface area (Å²) in [4.78, 5) is 5.18. The average Bonchev–Trinajstić information content (AvgIpc) is 3.38. The molecular formula is C43H31NOS. The normalized spacial score (nSPS) is 16.7. The maximum atomic E-state index is 6.11. The van der Waals surface area contributed by atoms with Crippen LogP contribution in [0, 0.1) is 0 Å². The summed E-state index contributed by atoms with van der Waals surface area (Å²) in [5, 5.41) is 2.30. The smallest absolute Gasteiger partial charge is 0.135 e. The Bertz CT molecular complexity index is 2300. The molecule has 0 fully saturated rings. The van der Waals surface area contributed by atoms with Gasteiger partial charge in [-0.05, 0) is 82.1 Å². The van der Waals surface area contributed by atoms with Crippen LogP contribution in [0.3, 0.4) is 0 Å². The van der Waals surface area contributed by atoms with Gasteiger partial charge in [-0.1, -0.05) is 121 Å². The van der Waals surface area contributed by atoms with Gasteiger partial charge in [0.1, 0.15) is 11.2 Å². The molecule has 2 aliphatic heterocycles. The van der Waals surface area contributed by atoms with Crippen LogP contribution >= 0.6 is 11.8 Å². The number of anilines is 3. The van der Waals surface area contributed by atoms with Gasteiger partial charge in [0.05, 0.1) is 5.69 Å². The minimum atomic E-state index is 0.322. The van der Waals surface area contributed by atoms with Crippen molar-refractivity contribution in [2.45, 2.75) is 18.8 Å². The van der Waals surface area contributed by atoms with Gasteiger partial charge in [0.2, 0.25) is 0 Å². The van der Waals surface area contributed by atoms with Crippen molar-refractivity contribution in [3.8, 4) is 11.1 Å². The molecular weight excluding hydrogens is 579 g/mol. The number of allylic oxidation sites excluding steroid dienone is 9. The zero-order valence-corrected chi connectivity index (χ0v) is 26.1. The molecule has 6 aromatic rings.